The number of carbonyl (C=O) groups excluding carboxylic acids is 1. The van der Waals surface area contributed by atoms with Crippen molar-refractivity contribution in [1.29, 1.82) is 0 Å². The number of hydrogen-bond acceptors (Lipinski definition) is 3. The third-order valence-electron chi connectivity index (χ3n) is 2.25. The molecule has 0 radical (unpaired) electrons. The van der Waals surface area contributed by atoms with Crippen LogP contribution in [0, 0.1) is 0 Å². The van der Waals surface area contributed by atoms with Gasteiger partial charge in [-0.3, -0.25) is 4.79 Å². The second kappa shape index (κ2) is 7.34. The van der Waals surface area contributed by atoms with E-state index in [9.17, 15) is 4.79 Å². The number of rotatable bonds is 6. The Balaban J connectivity index is 2.26. The molecule has 1 aromatic rings. The van der Waals surface area contributed by atoms with Crippen molar-refractivity contribution in [2.45, 2.75) is 25.5 Å². The van der Waals surface area contributed by atoms with E-state index in [4.69, 9.17) is 4.74 Å². The van der Waals surface area contributed by atoms with E-state index >= 15 is 0 Å². The van der Waals surface area contributed by atoms with Gasteiger partial charge in [0.1, 0.15) is 0 Å². The highest BCUT2D eigenvalue weighted by atomic mass is 32.2. The summed E-state index contributed by atoms with van der Waals surface area (Å²) >= 11 is 1.78. The number of carbonyl (C=O) groups is 1. The molecular formula is C13H18O2S. The molecule has 0 heterocycles. The fourth-order valence-corrected chi connectivity index (χ4v) is 2.36. The fraction of sp³-hybridized carbons (Fsp3) is 0.462. The number of esters is 1. The van der Waals surface area contributed by atoms with Crippen molar-refractivity contribution in [2.75, 3.05) is 12.4 Å². The second-order valence-electron chi connectivity index (χ2n) is 3.48. The molecule has 0 saturated carbocycles. The number of benzene rings is 1. The monoisotopic (exact) mass is 238 g/mol. The minimum absolute atomic E-state index is 0.102. The molecule has 0 aromatic heterocycles. The van der Waals surface area contributed by atoms with Gasteiger partial charge in [-0.15, -0.1) is 0 Å². The Bertz CT molecular complexity index is 311. The van der Waals surface area contributed by atoms with Gasteiger partial charge in [-0.05, 0) is 19.4 Å². The van der Waals surface area contributed by atoms with E-state index in [-0.39, 0.29) is 5.97 Å². The summed E-state index contributed by atoms with van der Waals surface area (Å²) < 4.78 is 4.88. The first kappa shape index (κ1) is 13.1. The van der Waals surface area contributed by atoms with Crippen LogP contribution in [0.25, 0.3) is 0 Å². The van der Waals surface area contributed by atoms with Crippen molar-refractivity contribution in [3.05, 3.63) is 35.9 Å². The first-order valence-corrected chi connectivity index (χ1v) is 6.61. The third kappa shape index (κ3) is 4.71. The topological polar surface area (TPSA) is 26.3 Å². The number of ether oxygens (including phenoxy) is 1. The first-order valence-electron chi connectivity index (χ1n) is 5.56. The Hall–Kier alpha value is -0.960. The summed E-state index contributed by atoms with van der Waals surface area (Å²) in [6, 6.07) is 10.3. The van der Waals surface area contributed by atoms with E-state index in [1.165, 1.54) is 5.56 Å². The largest absolute Gasteiger partial charge is 0.466 e. The molecule has 0 spiro atoms. The Labute approximate surface area is 101 Å². The van der Waals surface area contributed by atoms with Gasteiger partial charge >= 0.3 is 5.97 Å². The molecule has 0 aliphatic carbocycles. The van der Waals surface area contributed by atoms with E-state index in [2.05, 4.69) is 19.1 Å². The normalized spacial score (nSPS) is 12.1. The summed E-state index contributed by atoms with van der Waals surface area (Å²) in [6.07, 6.45) is 0.496. The van der Waals surface area contributed by atoms with Crippen LogP contribution < -0.4 is 0 Å². The molecule has 16 heavy (non-hydrogen) atoms. The molecule has 1 rings (SSSR count). The molecule has 2 nitrogen and oxygen atoms in total. The molecular weight excluding hydrogens is 220 g/mol. The van der Waals surface area contributed by atoms with Crippen LogP contribution >= 0.6 is 11.8 Å². The number of thioether (sulfide) groups is 1. The van der Waals surface area contributed by atoms with Crippen LogP contribution in [0.3, 0.4) is 0 Å². The summed E-state index contributed by atoms with van der Waals surface area (Å²) in [4.78, 5) is 11.1. The molecule has 0 saturated heterocycles. The molecule has 0 N–H and O–H groups in total. The Kier molecular flexibility index (Phi) is 6.01. The highest BCUT2D eigenvalue weighted by Gasteiger charge is 2.07. The van der Waals surface area contributed by atoms with Gasteiger partial charge in [-0.2, -0.15) is 11.8 Å². The van der Waals surface area contributed by atoms with Crippen molar-refractivity contribution >= 4 is 17.7 Å². The zero-order valence-corrected chi connectivity index (χ0v) is 10.6. The molecule has 1 aromatic carbocycles. The minimum atomic E-state index is -0.102. The van der Waals surface area contributed by atoms with Crippen LogP contribution in [0.2, 0.25) is 0 Å². The van der Waals surface area contributed by atoms with E-state index in [0.29, 0.717) is 18.3 Å². The SMILES string of the molecule is CCOC(=O)CCSC(C)c1ccccc1. The fourth-order valence-electron chi connectivity index (χ4n) is 1.37. The maximum atomic E-state index is 11.1. The van der Waals surface area contributed by atoms with Crippen LogP contribution in [0.5, 0.6) is 0 Å². The summed E-state index contributed by atoms with van der Waals surface area (Å²) in [7, 11) is 0. The first-order chi connectivity index (χ1) is 7.74. The van der Waals surface area contributed by atoms with Crippen LogP contribution in [-0.4, -0.2) is 18.3 Å². The highest BCUT2D eigenvalue weighted by molar-refractivity contribution is 7.99. The van der Waals surface area contributed by atoms with E-state index < -0.39 is 0 Å². The molecule has 1 unspecified atom stereocenters. The van der Waals surface area contributed by atoms with Crippen LogP contribution in [0.4, 0.5) is 0 Å². The molecule has 0 aliphatic heterocycles. The van der Waals surface area contributed by atoms with Crippen molar-refractivity contribution in [1.82, 2.24) is 0 Å². The van der Waals surface area contributed by atoms with E-state index in [1.807, 2.05) is 25.1 Å². The summed E-state index contributed by atoms with van der Waals surface area (Å²) in [5.41, 5.74) is 1.30. The maximum absolute atomic E-state index is 11.1. The average Bonchev–Trinajstić information content (AvgIpc) is 2.30. The highest BCUT2D eigenvalue weighted by Crippen LogP contribution is 2.28. The van der Waals surface area contributed by atoms with Crippen molar-refractivity contribution in [2.24, 2.45) is 0 Å². The second-order valence-corrected chi connectivity index (χ2v) is 4.93. The summed E-state index contributed by atoms with van der Waals surface area (Å²) in [6.45, 7) is 4.46. The smallest absolute Gasteiger partial charge is 0.306 e. The van der Waals surface area contributed by atoms with Gasteiger partial charge in [0.25, 0.3) is 0 Å². The lowest BCUT2D eigenvalue weighted by Gasteiger charge is -2.10. The van der Waals surface area contributed by atoms with Gasteiger partial charge in [-0.1, -0.05) is 30.3 Å². The summed E-state index contributed by atoms with van der Waals surface area (Å²) in [5, 5.41) is 0.427. The molecule has 0 aliphatic rings. The van der Waals surface area contributed by atoms with Crippen molar-refractivity contribution in [3.8, 4) is 0 Å². The van der Waals surface area contributed by atoms with Gasteiger partial charge in [0, 0.05) is 11.0 Å². The van der Waals surface area contributed by atoms with Crippen LogP contribution in [-0.2, 0) is 9.53 Å². The van der Waals surface area contributed by atoms with Crippen LogP contribution in [0.15, 0.2) is 30.3 Å². The molecule has 1 atom stereocenters. The number of hydrogen-bond donors (Lipinski definition) is 0. The van der Waals surface area contributed by atoms with Gasteiger partial charge in [0.15, 0.2) is 0 Å². The lowest BCUT2D eigenvalue weighted by atomic mass is 10.2. The van der Waals surface area contributed by atoms with Crippen LogP contribution in [0.1, 0.15) is 31.1 Å². The lowest BCUT2D eigenvalue weighted by Crippen LogP contribution is -2.05. The Morgan fingerprint density at radius 3 is 2.69 bits per heavy atom. The minimum Gasteiger partial charge on any atom is -0.466 e. The van der Waals surface area contributed by atoms with E-state index in [0.717, 1.165) is 5.75 Å². The van der Waals surface area contributed by atoms with E-state index in [1.54, 1.807) is 11.8 Å². The zero-order valence-electron chi connectivity index (χ0n) is 9.81. The molecule has 0 amide bonds. The van der Waals surface area contributed by atoms with Crippen molar-refractivity contribution < 1.29 is 9.53 Å². The van der Waals surface area contributed by atoms with Gasteiger partial charge < -0.3 is 4.74 Å². The van der Waals surface area contributed by atoms with Gasteiger partial charge in [-0.25, -0.2) is 0 Å². The Morgan fingerprint density at radius 2 is 2.06 bits per heavy atom. The zero-order chi connectivity index (χ0) is 11.8. The Morgan fingerprint density at radius 1 is 1.38 bits per heavy atom. The predicted molar refractivity (Wildman–Crippen MR) is 68.6 cm³/mol. The molecule has 0 bridgehead atoms. The predicted octanol–water partition coefficient (Wildman–Crippen LogP) is 3.43. The molecule has 3 heteroatoms. The van der Waals surface area contributed by atoms with Gasteiger partial charge in [0.2, 0.25) is 0 Å². The third-order valence-corrected chi connectivity index (χ3v) is 3.46. The summed E-state index contributed by atoms with van der Waals surface area (Å²) in [5.74, 6) is 0.713. The molecule has 88 valence electrons. The van der Waals surface area contributed by atoms with Gasteiger partial charge in [0.05, 0.1) is 13.0 Å². The lowest BCUT2D eigenvalue weighted by molar-refractivity contribution is -0.142. The quantitative estimate of drug-likeness (QED) is 0.710. The standard InChI is InChI=1S/C13H18O2S/c1-3-15-13(14)9-10-16-11(2)12-7-5-4-6-8-12/h4-8,11H,3,9-10H2,1-2H3. The maximum Gasteiger partial charge on any atom is 0.306 e. The average molecular weight is 238 g/mol. The van der Waals surface area contributed by atoms with Crippen molar-refractivity contribution in [3.63, 3.8) is 0 Å². The molecule has 0 fully saturated rings.